The van der Waals surface area contributed by atoms with Crippen molar-refractivity contribution >= 4 is 22.5 Å². The highest BCUT2D eigenvalue weighted by Crippen LogP contribution is 2.27. The fourth-order valence-corrected chi connectivity index (χ4v) is 1.64. The smallest absolute Gasteiger partial charge is 0.151 e. The maximum atomic E-state index is 13.5. The first-order valence-electron chi connectivity index (χ1n) is 4.56. The molecule has 1 nitrogen and oxygen atoms in total. The molecular weight excluding hydrogens is 201 g/mol. The summed E-state index contributed by atoms with van der Waals surface area (Å²) in [5.74, 6) is 0.0212. The lowest BCUT2D eigenvalue weighted by molar-refractivity contribution is 0.640. The number of fused-ring (bicyclic) bond motifs is 1. The van der Waals surface area contributed by atoms with Crippen molar-refractivity contribution in [3.8, 4) is 0 Å². The van der Waals surface area contributed by atoms with Gasteiger partial charge in [0.05, 0.1) is 5.02 Å². The standard InChI is InChI=1S/C11H11ClFN/c1-6(2)10-5-7-9(14-10)4-3-8(12)11(7)13/h3-6,14H,1-2H3. The fraction of sp³-hybridized carbons (Fsp3) is 0.273. The molecule has 2 rings (SSSR count). The third-order valence-corrected chi connectivity index (χ3v) is 2.63. The maximum absolute atomic E-state index is 13.5. The van der Waals surface area contributed by atoms with Crippen LogP contribution >= 0.6 is 11.6 Å². The summed E-state index contributed by atoms with van der Waals surface area (Å²) >= 11 is 5.69. The Labute approximate surface area is 86.9 Å². The molecule has 1 N–H and O–H groups in total. The molecule has 0 aliphatic carbocycles. The molecule has 0 unspecified atom stereocenters. The predicted octanol–water partition coefficient (Wildman–Crippen LogP) is 4.08. The van der Waals surface area contributed by atoms with Gasteiger partial charge in [-0.2, -0.15) is 0 Å². The van der Waals surface area contributed by atoms with Gasteiger partial charge >= 0.3 is 0 Å². The second kappa shape index (κ2) is 3.28. The molecule has 0 saturated carbocycles. The molecule has 0 atom stereocenters. The monoisotopic (exact) mass is 211 g/mol. The zero-order chi connectivity index (χ0) is 10.3. The average molecular weight is 212 g/mol. The molecule has 0 radical (unpaired) electrons. The van der Waals surface area contributed by atoms with Crippen molar-refractivity contribution < 1.29 is 4.39 Å². The predicted molar refractivity (Wildman–Crippen MR) is 57.4 cm³/mol. The second-order valence-electron chi connectivity index (χ2n) is 3.70. The van der Waals surface area contributed by atoms with Gasteiger partial charge in [0, 0.05) is 16.6 Å². The highest BCUT2D eigenvalue weighted by Gasteiger charge is 2.10. The molecule has 1 aromatic heterocycles. The first-order valence-corrected chi connectivity index (χ1v) is 4.94. The van der Waals surface area contributed by atoms with Crippen molar-refractivity contribution in [1.82, 2.24) is 4.98 Å². The van der Waals surface area contributed by atoms with Crippen LogP contribution in [0.25, 0.3) is 10.9 Å². The number of aromatic nitrogens is 1. The quantitative estimate of drug-likeness (QED) is 0.732. The van der Waals surface area contributed by atoms with E-state index in [1.807, 2.05) is 6.07 Å². The topological polar surface area (TPSA) is 15.8 Å². The molecule has 2 aromatic rings. The van der Waals surface area contributed by atoms with Crippen LogP contribution in [-0.4, -0.2) is 4.98 Å². The van der Waals surface area contributed by atoms with Crippen LogP contribution in [0.4, 0.5) is 4.39 Å². The molecule has 0 aliphatic heterocycles. The summed E-state index contributed by atoms with van der Waals surface area (Å²) in [5.41, 5.74) is 1.83. The molecular formula is C11H11ClFN. The van der Waals surface area contributed by atoms with E-state index in [-0.39, 0.29) is 10.8 Å². The molecule has 0 saturated heterocycles. The van der Waals surface area contributed by atoms with Crippen molar-refractivity contribution in [1.29, 1.82) is 0 Å². The molecule has 0 fully saturated rings. The third-order valence-electron chi connectivity index (χ3n) is 2.33. The Hall–Kier alpha value is -1.02. The van der Waals surface area contributed by atoms with E-state index >= 15 is 0 Å². The Bertz CT molecular complexity index is 473. The second-order valence-corrected chi connectivity index (χ2v) is 4.11. The Kier molecular flexibility index (Phi) is 2.23. The van der Waals surface area contributed by atoms with E-state index in [4.69, 9.17) is 11.6 Å². The number of hydrogen-bond acceptors (Lipinski definition) is 0. The summed E-state index contributed by atoms with van der Waals surface area (Å²) in [4.78, 5) is 3.16. The molecule has 3 heteroatoms. The molecule has 1 heterocycles. The van der Waals surface area contributed by atoms with E-state index in [9.17, 15) is 4.39 Å². The third kappa shape index (κ3) is 1.40. The van der Waals surface area contributed by atoms with E-state index in [2.05, 4.69) is 18.8 Å². The molecule has 14 heavy (non-hydrogen) atoms. The van der Waals surface area contributed by atoms with Crippen LogP contribution in [-0.2, 0) is 0 Å². The number of halogens is 2. The highest BCUT2D eigenvalue weighted by molar-refractivity contribution is 6.31. The minimum Gasteiger partial charge on any atom is -0.358 e. The van der Waals surface area contributed by atoms with Gasteiger partial charge in [-0.25, -0.2) is 4.39 Å². The van der Waals surface area contributed by atoms with E-state index in [1.54, 1.807) is 12.1 Å². The minimum atomic E-state index is -0.340. The lowest BCUT2D eigenvalue weighted by atomic mass is 10.1. The Morgan fingerprint density at radius 2 is 2.07 bits per heavy atom. The van der Waals surface area contributed by atoms with Crippen LogP contribution in [0.3, 0.4) is 0 Å². The number of benzene rings is 1. The van der Waals surface area contributed by atoms with Crippen LogP contribution in [0.5, 0.6) is 0 Å². The number of H-pyrrole nitrogens is 1. The molecule has 0 bridgehead atoms. The molecule has 0 spiro atoms. The Morgan fingerprint density at radius 3 is 2.71 bits per heavy atom. The van der Waals surface area contributed by atoms with Gasteiger partial charge < -0.3 is 4.98 Å². The van der Waals surface area contributed by atoms with Gasteiger partial charge in [-0.3, -0.25) is 0 Å². The van der Waals surface area contributed by atoms with Gasteiger partial charge in [-0.05, 0) is 24.1 Å². The fourth-order valence-electron chi connectivity index (χ4n) is 1.47. The Morgan fingerprint density at radius 1 is 1.36 bits per heavy atom. The zero-order valence-electron chi connectivity index (χ0n) is 8.07. The van der Waals surface area contributed by atoms with Gasteiger partial charge in [-0.1, -0.05) is 25.4 Å². The molecule has 74 valence electrons. The zero-order valence-corrected chi connectivity index (χ0v) is 8.82. The maximum Gasteiger partial charge on any atom is 0.151 e. The van der Waals surface area contributed by atoms with Crippen molar-refractivity contribution in [2.45, 2.75) is 19.8 Å². The van der Waals surface area contributed by atoms with Gasteiger partial charge in [0.25, 0.3) is 0 Å². The normalized spacial score (nSPS) is 11.5. The number of rotatable bonds is 1. The van der Waals surface area contributed by atoms with Crippen molar-refractivity contribution in [2.24, 2.45) is 0 Å². The van der Waals surface area contributed by atoms with Crippen LogP contribution in [0.2, 0.25) is 5.02 Å². The van der Waals surface area contributed by atoms with Crippen molar-refractivity contribution in [3.05, 3.63) is 34.7 Å². The SMILES string of the molecule is CC(C)c1cc2c(F)c(Cl)ccc2[nH]1. The van der Waals surface area contributed by atoms with E-state index < -0.39 is 0 Å². The van der Waals surface area contributed by atoms with Gasteiger partial charge in [-0.15, -0.1) is 0 Å². The lowest BCUT2D eigenvalue weighted by Gasteiger charge is -1.97. The summed E-state index contributed by atoms with van der Waals surface area (Å²) in [7, 11) is 0. The van der Waals surface area contributed by atoms with Crippen molar-refractivity contribution in [2.75, 3.05) is 0 Å². The Balaban J connectivity index is 2.71. The summed E-state index contributed by atoms with van der Waals surface area (Å²) < 4.78 is 13.5. The van der Waals surface area contributed by atoms with Gasteiger partial charge in [0.15, 0.2) is 5.82 Å². The van der Waals surface area contributed by atoms with E-state index in [0.717, 1.165) is 11.2 Å². The van der Waals surface area contributed by atoms with E-state index in [0.29, 0.717) is 11.3 Å². The summed E-state index contributed by atoms with van der Waals surface area (Å²) in [6.45, 7) is 4.12. The summed E-state index contributed by atoms with van der Waals surface area (Å²) in [5, 5.41) is 0.744. The summed E-state index contributed by atoms with van der Waals surface area (Å²) in [6.07, 6.45) is 0. The minimum absolute atomic E-state index is 0.173. The number of nitrogens with one attached hydrogen (secondary N) is 1. The number of hydrogen-bond donors (Lipinski definition) is 1. The van der Waals surface area contributed by atoms with Crippen LogP contribution in [0, 0.1) is 5.82 Å². The van der Waals surface area contributed by atoms with Crippen LogP contribution in [0.1, 0.15) is 25.5 Å². The molecule has 1 aromatic carbocycles. The molecule has 0 aliphatic rings. The molecule has 0 amide bonds. The average Bonchev–Trinajstić information content (AvgIpc) is 2.56. The summed E-state index contributed by atoms with van der Waals surface area (Å²) in [6, 6.07) is 5.19. The largest absolute Gasteiger partial charge is 0.358 e. The lowest BCUT2D eigenvalue weighted by Crippen LogP contribution is -1.84. The number of aromatic amines is 1. The van der Waals surface area contributed by atoms with Crippen LogP contribution in [0.15, 0.2) is 18.2 Å². The first-order chi connectivity index (χ1) is 6.59. The van der Waals surface area contributed by atoms with Gasteiger partial charge in [0.2, 0.25) is 0 Å². The van der Waals surface area contributed by atoms with Crippen molar-refractivity contribution in [3.63, 3.8) is 0 Å². The van der Waals surface area contributed by atoms with E-state index in [1.165, 1.54) is 0 Å². The first kappa shape index (κ1) is 9.53. The van der Waals surface area contributed by atoms with Gasteiger partial charge in [0.1, 0.15) is 0 Å². The van der Waals surface area contributed by atoms with Crippen LogP contribution < -0.4 is 0 Å². The highest BCUT2D eigenvalue weighted by atomic mass is 35.5.